The van der Waals surface area contributed by atoms with E-state index in [0.717, 1.165) is 11.9 Å². The summed E-state index contributed by atoms with van der Waals surface area (Å²) in [6.45, 7) is 1.46. The number of benzene rings is 1. The van der Waals surface area contributed by atoms with Crippen LogP contribution in [-0.2, 0) is 14.8 Å². The van der Waals surface area contributed by atoms with Gasteiger partial charge in [0, 0.05) is 13.1 Å². The van der Waals surface area contributed by atoms with Gasteiger partial charge in [0.25, 0.3) is 0 Å². The Morgan fingerprint density at radius 2 is 2.06 bits per heavy atom. The van der Waals surface area contributed by atoms with Crippen molar-refractivity contribution in [3.8, 4) is 0 Å². The predicted octanol–water partition coefficient (Wildman–Crippen LogP) is -0.00570. The van der Waals surface area contributed by atoms with Crippen molar-refractivity contribution >= 4 is 27.3 Å². The lowest BCUT2D eigenvalue weighted by Gasteiger charge is -2.30. The molecule has 0 unspecified atom stereocenters. The van der Waals surface area contributed by atoms with E-state index in [9.17, 15) is 13.2 Å². The van der Waals surface area contributed by atoms with Crippen molar-refractivity contribution in [3.05, 3.63) is 24.3 Å². The zero-order valence-corrected chi connectivity index (χ0v) is 10.8. The van der Waals surface area contributed by atoms with E-state index < -0.39 is 10.0 Å². The molecule has 2 rings (SSSR count). The lowest BCUT2D eigenvalue weighted by molar-refractivity contribution is -0.120. The van der Waals surface area contributed by atoms with Crippen molar-refractivity contribution in [2.24, 2.45) is 0 Å². The fourth-order valence-corrected chi connectivity index (χ4v) is 2.45. The number of hydrogen-bond acceptors (Lipinski definition) is 4. The molecule has 0 aromatic heterocycles. The van der Waals surface area contributed by atoms with Crippen LogP contribution in [0.2, 0.25) is 0 Å². The number of anilines is 2. The van der Waals surface area contributed by atoms with Crippen LogP contribution in [0.15, 0.2) is 24.3 Å². The first-order valence-corrected chi connectivity index (χ1v) is 7.43. The number of hydrogen-bond donors (Lipinski definition) is 2. The van der Waals surface area contributed by atoms with Crippen LogP contribution in [0.3, 0.4) is 0 Å². The standard InChI is InChI=1S/C11H15N3O3S/c1-18(16,17)13-9-4-2-3-5-10(9)14-7-6-12-11(15)8-14/h2-5,13H,6-8H2,1H3,(H,12,15). The third-order valence-electron chi connectivity index (χ3n) is 2.58. The number of rotatable bonds is 3. The molecule has 1 aromatic rings. The fourth-order valence-electron chi connectivity index (χ4n) is 1.88. The van der Waals surface area contributed by atoms with Gasteiger partial charge in [0.2, 0.25) is 15.9 Å². The van der Waals surface area contributed by atoms with Gasteiger partial charge in [-0.25, -0.2) is 8.42 Å². The van der Waals surface area contributed by atoms with E-state index in [1.165, 1.54) is 0 Å². The van der Waals surface area contributed by atoms with Crippen LogP contribution in [0.4, 0.5) is 11.4 Å². The molecular formula is C11H15N3O3S. The Labute approximate surface area is 106 Å². The van der Waals surface area contributed by atoms with Crippen LogP contribution in [-0.4, -0.2) is 40.2 Å². The van der Waals surface area contributed by atoms with Gasteiger partial charge in [-0.05, 0) is 12.1 Å². The Bertz CT molecular complexity index is 556. The van der Waals surface area contributed by atoms with E-state index in [4.69, 9.17) is 0 Å². The lowest BCUT2D eigenvalue weighted by Crippen LogP contribution is -2.47. The minimum Gasteiger partial charge on any atom is -0.359 e. The summed E-state index contributed by atoms with van der Waals surface area (Å²) in [5, 5.41) is 2.73. The lowest BCUT2D eigenvalue weighted by atomic mass is 10.2. The quantitative estimate of drug-likeness (QED) is 0.809. The number of sulfonamides is 1. The summed E-state index contributed by atoms with van der Waals surface area (Å²) < 4.78 is 25.0. The van der Waals surface area contributed by atoms with Gasteiger partial charge in [0.05, 0.1) is 24.2 Å². The second-order valence-corrected chi connectivity index (χ2v) is 5.91. The molecule has 0 spiro atoms. The molecule has 1 saturated heterocycles. The average molecular weight is 269 g/mol. The van der Waals surface area contributed by atoms with Crippen molar-refractivity contribution in [3.63, 3.8) is 0 Å². The van der Waals surface area contributed by atoms with Gasteiger partial charge in [-0.15, -0.1) is 0 Å². The van der Waals surface area contributed by atoms with E-state index >= 15 is 0 Å². The molecule has 1 heterocycles. The molecule has 1 aliphatic rings. The summed E-state index contributed by atoms with van der Waals surface area (Å²) in [4.78, 5) is 13.2. The van der Waals surface area contributed by atoms with E-state index in [1.54, 1.807) is 18.2 Å². The molecular weight excluding hydrogens is 254 g/mol. The summed E-state index contributed by atoms with van der Waals surface area (Å²) in [6, 6.07) is 7.05. The van der Waals surface area contributed by atoms with Gasteiger partial charge >= 0.3 is 0 Å². The molecule has 18 heavy (non-hydrogen) atoms. The Morgan fingerprint density at radius 1 is 1.33 bits per heavy atom. The highest BCUT2D eigenvalue weighted by atomic mass is 32.2. The van der Waals surface area contributed by atoms with Gasteiger partial charge in [-0.1, -0.05) is 12.1 Å². The first-order valence-electron chi connectivity index (χ1n) is 5.54. The Balaban J connectivity index is 2.29. The second kappa shape index (κ2) is 4.85. The highest BCUT2D eigenvalue weighted by molar-refractivity contribution is 7.92. The molecule has 0 radical (unpaired) electrons. The maximum atomic E-state index is 11.4. The maximum Gasteiger partial charge on any atom is 0.239 e. The maximum absolute atomic E-state index is 11.4. The van der Waals surface area contributed by atoms with E-state index in [1.807, 2.05) is 11.0 Å². The van der Waals surface area contributed by atoms with Crippen molar-refractivity contribution in [1.82, 2.24) is 5.32 Å². The largest absolute Gasteiger partial charge is 0.359 e. The number of carbonyl (C=O) groups is 1. The zero-order chi connectivity index (χ0) is 13.2. The van der Waals surface area contributed by atoms with Crippen LogP contribution < -0.4 is 14.9 Å². The Kier molecular flexibility index (Phi) is 3.42. The predicted molar refractivity (Wildman–Crippen MR) is 70.1 cm³/mol. The number of nitrogens with one attached hydrogen (secondary N) is 2. The Morgan fingerprint density at radius 3 is 2.72 bits per heavy atom. The summed E-state index contributed by atoms with van der Waals surface area (Å²) in [5.41, 5.74) is 1.22. The van der Waals surface area contributed by atoms with Crippen LogP contribution in [0.1, 0.15) is 0 Å². The molecule has 98 valence electrons. The first-order chi connectivity index (χ1) is 8.46. The minimum absolute atomic E-state index is 0.0598. The normalized spacial score (nSPS) is 16.3. The highest BCUT2D eigenvalue weighted by Gasteiger charge is 2.19. The number of para-hydroxylation sites is 2. The van der Waals surface area contributed by atoms with Crippen molar-refractivity contribution in [1.29, 1.82) is 0 Å². The molecule has 1 aliphatic heterocycles. The fraction of sp³-hybridized carbons (Fsp3) is 0.364. The zero-order valence-electron chi connectivity index (χ0n) is 10.0. The third-order valence-corrected chi connectivity index (χ3v) is 3.17. The molecule has 1 aromatic carbocycles. The number of nitrogens with zero attached hydrogens (tertiary/aromatic N) is 1. The highest BCUT2D eigenvalue weighted by Crippen LogP contribution is 2.26. The van der Waals surface area contributed by atoms with Crippen molar-refractivity contribution in [2.75, 3.05) is 35.5 Å². The minimum atomic E-state index is -3.33. The topological polar surface area (TPSA) is 78.5 Å². The molecule has 2 N–H and O–H groups in total. The molecule has 0 bridgehead atoms. The van der Waals surface area contributed by atoms with Gasteiger partial charge < -0.3 is 10.2 Å². The van der Waals surface area contributed by atoms with Crippen LogP contribution >= 0.6 is 0 Å². The molecule has 7 heteroatoms. The summed E-state index contributed by atoms with van der Waals surface area (Å²) in [5.74, 6) is -0.0598. The van der Waals surface area contributed by atoms with Crippen molar-refractivity contribution < 1.29 is 13.2 Å². The van der Waals surface area contributed by atoms with Crippen LogP contribution in [0.25, 0.3) is 0 Å². The van der Waals surface area contributed by atoms with Gasteiger partial charge in [-0.3, -0.25) is 9.52 Å². The smallest absolute Gasteiger partial charge is 0.239 e. The Hall–Kier alpha value is -1.76. The van der Waals surface area contributed by atoms with E-state index in [2.05, 4.69) is 10.0 Å². The third kappa shape index (κ3) is 3.13. The number of piperazine rings is 1. The van der Waals surface area contributed by atoms with Gasteiger partial charge in [0.1, 0.15) is 0 Å². The molecule has 0 atom stereocenters. The summed E-state index contributed by atoms with van der Waals surface area (Å²) >= 11 is 0. The van der Waals surface area contributed by atoms with E-state index in [0.29, 0.717) is 18.8 Å². The molecule has 1 amide bonds. The first kappa shape index (κ1) is 12.7. The molecule has 0 saturated carbocycles. The SMILES string of the molecule is CS(=O)(=O)Nc1ccccc1N1CCNC(=O)C1. The van der Waals surface area contributed by atoms with Gasteiger partial charge in [0.15, 0.2) is 0 Å². The number of carbonyl (C=O) groups excluding carboxylic acids is 1. The van der Waals surface area contributed by atoms with Gasteiger partial charge in [-0.2, -0.15) is 0 Å². The monoisotopic (exact) mass is 269 g/mol. The molecule has 1 fully saturated rings. The second-order valence-electron chi connectivity index (χ2n) is 4.16. The van der Waals surface area contributed by atoms with E-state index in [-0.39, 0.29) is 12.5 Å². The molecule has 0 aliphatic carbocycles. The summed E-state index contributed by atoms with van der Waals surface area (Å²) in [6.07, 6.45) is 1.10. The van der Waals surface area contributed by atoms with Crippen LogP contribution in [0.5, 0.6) is 0 Å². The van der Waals surface area contributed by atoms with Crippen molar-refractivity contribution in [2.45, 2.75) is 0 Å². The number of amides is 1. The van der Waals surface area contributed by atoms with Crippen LogP contribution in [0, 0.1) is 0 Å². The average Bonchev–Trinajstić information content (AvgIpc) is 2.27. The molecule has 6 nitrogen and oxygen atoms in total. The summed E-state index contributed by atoms with van der Waals surface area (Å²) in [7, 11) is -3.33.